The molecule has 1 rings (SSSR count). The van der Waals surface area contributed by atoms with Crippen molar-refractivity contribution in [1.29, 1.82) is 0 Å². The molecule has 5 heteroatoms. The number of nitrogens with one attached hydrogen (secondary N) is 1. The van der Waals surface area contributed by atoms with Gasteiger partial charge in [0.05, 0.1) is 5.56 Å². The summed E-state index contributed by atoms with van der Waals surface area (Å²) in [6.07, 6.45) is -4.35. The lowest BCUT2D eigenvalue weighted by Crippen LogP contribution is -2.14. The molecule has 1 aromatic carbocycles. The van der Waals surface area contributed by atoms with Gasteiger partial charge in [0.25, 0.3) is 5.91 Å². The maximum absolute atomic E-state index is 12.2. The number of halogens is 3. The van der Waals surface area contributed by atoms with Crippen molar-refractivity contribution in [3.63, 3.8) is 0 Å². The minimum Gasteiger partial charge on any atom is -0.348 e. The molecule has 2 nitrogen and oxygen atoms in total. The van der Waals surface area contributed by atoms with Gasteiger partial charge in [0.2, 0.25) is 0 Å². The fourth-order valence-electron chi connectivity index (χ4n) is 0.934. The fourth-order valence-corrected chi connectivity index (χ4v) is 0.934. The van der Waals surface area contributed by atoms with Crippen LogP contribution in [0.15, 0.2) is 24.3 Å². The SMILES string of the molecule is CNC(=O)C#Cc1ccc(C(F)(F)F)cc1. The third kappa shape index (κ3) is 3.31. The van der Waals surface area contributed by atoms with Crippen molar-refractivity contribution in [2.24, 2.45) is 0 Å². The molecule has 0 heterocycles. The Balaban J connectivity index is 2.87. The van der Waals surface area contributed by atoms with Gasteiger partial charge in [0.15, 0.2) is 0 Å². The zero-order chi connectivity index (χ0) is 12.2. The second kappa shape index (κ2) is 4.71. The van der Waals surface area contributed by atoms with Gasteiger partial charge >= 0.3 is 6.18 Å². The second-order valence-corrected chi connectivity index (χ2v) is 2.90. The van der Waals surface area contributed by atoms with Gasteiger partial charge in [0.1, 0.15) is 0 Å². The van der Waals surface area contributed by atoms with Crippen LogP contribution in [0.3, 0.4) is 0 Å². The van der Waals surface area contributed by atoms with Crippen molar-refractivity contribution < 1.29 is 18.0 Å². The van der Waals surface area contributed by atoms with E-state index in [-0.39, 0.29) is 0 Å². The van der Waals surface area contributed by atoms with Gasteiger partial charge in [-0.15, -0.1) is 0 Å². The van der Waals surface area contributed by atoms with Gasteiger partial charge in [-0.2, -0.15) is 13.2 Å². The Morgan fingerprint density at radius 2 is 1.81 bits per heavy atom. The van der Waals surface area contributed by atoms with Crippen LogP contribution in [0.25, 0.3) is 0 Å². The quantitative estimate of drug-likeness (QED) is 0.673. The molecule has 0 atom stereocenters. The molecule has 1 amide bonds. The summed E-state index contributed by atoms with van der Waals surface area (Å²) in [6, 6.07) is 4.29. The average molecular weight is 227 g/mol. The lowest BCUT2D eigenvalue weighted by Gasteiger charge is -2.05. The summed E-state index contributed by atoms with van der Waals surface area (Å²) in [4.78, 5) is 10.7. The minimum absolute atomic E-state index is 0.358. The molecule has 1 N–H and O–H groups in total. The highest BCUT2D eigenvalue weighted by atomic mass is 19.4. The fraction of sp³-hybridized carbons (Fsp3) is 0.182. The molecular formula is C11H8F3NO. The van der Waals surface area contributed by atoms with Crippen LogP contribution >= 0.6 is 0 Å². The van der Waals surface area contributed by atoms with Crippen molar-refractivity contribution in [2.75, 3.05) is 7.05 Å². The Morgan fingerprint density at radius 1 is 1.25 bits per heavy atom. The summed E-state index contributed by atoms with van der Waals surface area (Å²) >= 11 is 0. The van der Waals surface area contributed by atoms with Gasteiger partial charge in [0, 0.05) is 18.5 Å². The topological polar surface area (TPSA) is 29.1 Å². The van der Waals surface area contributed by atoms with Gasteiger partial charge in [-0.1, -0.05) is 5.92 Å². The predicted molar refractivity (Wildman–Crippen MR) is 52.4 cm³/mol. The van der Waals surface area contributed by atoms with Crippen LogP contribution < -0.4 is 5.32 Å². The van der Waals surface area contributed by atoms with E-state index in [9.17, 15) is 18.0 Å². The van der Waals surface area contributed by atoms with E-state index in [0.29, 0.717) is 5.56 Å². The summed E-state index contributed by atoms with van der Waals surface area (Å²) < 4.78 is 36.6. The highest BCUT2D eigenvalue weighted by Gasteiger charge is 2.29. The molecule has 1 aromatic rings. The number of alkyl halides is 3. The van der Waals surface area contributed by atoms with Gasteiger partial charge in [-0.25, -0.2) is 0 Å². The Kier molecular flexibility index (Phi) is 3.56. The highest BCUT2D eigenvalue weighted by molar-refractivity contribution is 5.93. The van der Waals surface area contributed by atoms with Gasteiger partial charge in [-0.3, -0.25) is 4.79 Å². The molecule has 16 heavy (non-hydrogen) atoms. The van der Waals surface area contributed by atoms with Crippen molar-refractivity contribution in [3.05, 3.63) is 35.4 Å². The zero-order valence-electron chi connectivity index (χ0n) is 8.35. The van der Waals surface area contributed by atoms with E-state index in [1.165, 1.54) is 19.2 Å². The van der Waals surface area contributed by atoms with E-state index in [0.717, 1.165) is 12.1 Å². The molecule has 0 aromatic heterocycles. The normalized spacial score (nSPS) is 10.2. The number of hydrogen-bond donors (Lipinski definition) is 1. The molecule has 0 saturated heterocycles. The molecule has 0 aliphatic heterocycles. The van der Waals surface area contributed by atoms with E-state index in [1.807, 2.05) is 0 Å². The summed E-state index contributed by atoms with van der Waals surface area (Å²) in [5.41, 5.74) is -0.380. The summed E-state index contributed by atoms with van der Waals surface area (Å²) in [7, 11) is 1.42. The molecule has 0 spiro atoms. The molecule has 0 saturated carbocycles. The van der Waals surface area contributed by atoms with E-state index < -0.39 is 17.6 Å². The molecule has 0 radical (unpaired) electrons. The molecule has 84 valence electrons. The molecule has 0 unspecified atom stereocenters. The second-order valence-electron chi connectivity index (χ2n) is 2.90. The smallest absolute Gasteiger partial charge is 0.348 e. The monoisotopic (exact) mass is 227 g/mol. The standard InChI is InChI=1S/C11H8F3NO/c1-15-10(16)7-4-8-2-5-9(6-3-8)11(12,13)14/h2-3,5-6H,1H3,(H,15,16). The first-order valence-corrected chi connectivity index (χ1v) is 4.34. The third-order valence-electron chi connectivity index (χ3n) is 1.76. The first-order chi connectivity index (χ1) is 7.43. The number of carbonyl (C=O) groups excluding carboxylic acids is 1. The van der Waals surface area contributed by atoms with E-state index >= 15 is 0 Å². The Hall–Kier alpha value is -1.96. The Morgan fingerprint density at radius 3 is 2.25 bits per heavy atom. The number of carbonyl (C=O) groups is 1. The van der Waals surface area contributed by atoms with Crippen molar-refractivity contribution in [1.82, 2.24) is 5.32 Å². The number of amides is 1. The largest absolute Gasteiger partial charge is 0.416 e. The van der Waals surface area contributed by atoms with Crippen LogP contribution in [0, 0.1) is 11.8 Å². The van der Waals surface area contributed by atoms with Crippen molar-refractivity contribution >= 4 is 5.91 Å². The average Bonchev–Trinajstić information content (AvgIpc) is 2.25. The zero-order valence-corrected chi connectivity index (χ0v) is 8.35. The lowest BCUT2D eigenvalue weighted by atomic mass is 10.1. The van der Waals surface area contributed by atoms with E-state index in [1.54, 1.807) is 0 Å². The summed E-state index contributed by atoms with van der Waals surface area (Å²) in [6.45, 7) is 0. The molecule has 0 bridgehead atoms. The van der Waals surface area contributed by atoms with Crippen molar-refractivity contribution in [2.45, 2.75) is 6.18 Å². The van der Waals surface area contributed by atoms with Crippen LogP contribution in [0.2, 0.25) is 0 Å². The molecule has 0 aliphatic carbocycles. The predicted octanol–water partition coefficient (Wildman–Crippen LogP) is 1.80. The van der Waals surface area contributed by atoms with Crippen LogP contribution in [0.4, 0.5) is 13.2 Å². The molecule has 0 aliphatic rings. The van der Waals surface area contributed by atoms with Crippen LogP contribution in [-0.4, -0.2) is 13.0 Å². The maximum Gasteiger partial charge on any atom is 0.416 e. The first kappa shape index (κ1) is 12.1. The van der Waals surface area contributed by atoms with Crippen LogP contribution in [0.5, 0.6) is 0 Å². The van der Waals surface area contributed by atoms with E-state index in [4.69, 9.17) is 0 Å². The summed E-state index contributed by atoms with van der Waals surface area (Å²) in [5, 5.41) is 2.28. The van der Waals surface area contributed by atoms with Gasteiger partial charge < -0.3 is 5.32 Å². The first-order valence-electron chi connectivity index (χ1n) is 4.34. The minimum atomic E-state index is -4.35. The highest BCUT2D eigenvalue weighted by Crippen LogP contribution is 2.28. The Labute approximate surface area is 90.5 Å². The lowest BCUT2D eigenvalue weighted by molar-refractivity contribution is -0.137. The van der Waals surface area contributed by atoms with Crippen LogP contribution in [0.1, 0.15) is 11.1 Å². The van der Waals surface area contributed by atoms with Crippen LogP contribution in [-0.2, 0) is 11.0 Å². The molecular weight excluding hydrogens is 219 g/mol. The number of benzene rings is 1. The van der Waals surface area contributed by atoms with E-state index in [2.05, 4.69) is 17.2 Å². The summed E-state index contributed by atoms with van der Waals surface area (Å²) in [5.74, 6) is 4.18. The number of rotatable bonds is 0. The Bertz CT molecular complexity index is 437. The third-order valence-corrected chi connectivity index (χ3v) is 1.76. The van der Waals surface area contributed by atoms with Gasteiger partial charge in [-0.05, 0) is 24.3 Å². The van der Waals surface area contributed by atoms with Crippen molar-refractivity contribution in [3.8, 4) is 11.8 Å². The maximum atomic E-state index is 12.2. The number of hydrogen-bond acceptors (Lipinski definition) is 1. The molecule has 0 fully saturated rings.